The van der Waals surface area contributed by atoms with Crippen molar-refractivity contribution in [3.05, 3.63) is 4.91 Å². The average molecular weight is 144 g/mol. The Bertz CT molecular complexity index is 118. The summed E-state index contributed by atoms with van der Waals surface area (Å²) in [6.07, 6.45) is 3.72. The fraction of sp³-hybridized carbons (Fsp3) is 1.00. The molecule has 4 nitrogen and oxygen atoms in total. The lowest BCUT2D eigenvalue weighted by atomic mass is 9.93. The van der Waals surface area contributed by atoms with Crippen LogP contribution < -0.4 is 5.90 Å². The molecule has 0 unspecified atom stereocenters. The molecule has 1 rings (SSSR count). The van der Waals surface area contributed by atoms with Crippen LogP contribution in [0.15, 0.2) is 5.18 Å². The van der Waals surface area contributed by atoms with E-state index in [1.807, 2.05) is 0 Å². The van der Waals surface area contributed by atoms with E-state index in [4.69, 9.17) is 5.90 Å². The summed E-state index contributed by atoms with van der Waals surface area (Å²) >= 11 is 0. The molecule has 1 aliphatic rings. The quantitative estimate of drug-likeness (QED) is 0.463. The van der Waals surface area contributed by atoms with Gasteiger partial charge in [-0.25, -0.2) is 5.90 Å². The number of nitroso groups, excluding NO2 is 1. The number of nitrogens with two attached hydrogens (primary N) is 1. The van der Waals surface area contributed by atoms with Crippen LogP contribution >= 0.6 is 0 Å². The van der Waals surface area contributed by atoms with E-state index < -0.39 is 0 Å². The molecule has 4 heteroatoms. The highest BCUT2D eigenvalue weighted by atomic mass is 16.6. The van der Waals surface area contributed by atoms with Gasteiger partial charge in [0.2, 0.25) is 0 Å². The van der Waals surface area contributed by atoms with Gasteiger partial charge in [-0.05, 0) is 12.8 Å². The molecule has 58 valence electrons. The number of hydrogen-bond acceptors (Lipinski definition) is 4. The molecule has 0 saturated heterocycles. The third-order valence-electron chi connectivity index (χ3n) is 1.98. The maximum atomic E-state index is 10.1. The zero-order chi connectivity index (χ0) is 7.40. The lowest BCUT2D eigenvalue weighted by Crippen LogP contribution is -2.32. The van der Waals surface area contributed by atoms with Crippen LogP contribution in [0.2, 0.25) is 0 Å². The molecule has 0 heterocycles. The molecule has 0 aromatic carbocycles. The molecule has 0 radical (unpaired) electrons. The van der Waals surface area contributed by atoms with E-state index in [2.05, 4.69) is 10.0 Å². The summed E-state index contributed by atoms with van der Waals surface area (Å²) in [6.45, 7) is 0. The maximum absolute atomic E-state index is 10.1. The number of hydrogen-bond donors (Lipinski definition) is 1. The van der Waals surface area contributed by atoms with Crippen LogP contribution in [0.4, 0.5) is 0 Å². The fourth-order valence-electron chi connectivity index (χ4n) is 1.36. The van der Waals surface area contributed by atoms with Crippen LogP contribution in [0.3, 0.4) is 0 Å². The lowest BCUT2D eigenvalue weighted by Gasteiger charge is -2.23. The minimum absolute atomic E-state index is 0.133. The first-order chi connectivity index (χ1) is 4.88. The summed E-state index contributed by atoms with van der Waals surface area (Å²) < 4.78 is 0. The summed E-state index contributed by atoms with van der Waals surface area (Å²) in [4.78, 5) is 14.7. The van der Waals surface area contributed by atoms with E-state index in [-0.39, 0.29) is 12.1 Å². The summed E-state index contributed by atoms with van der Waals surface area (Å²) in [6, 6.07) is -0.209. The molecule has 1 aliphatic carbocycles. The van der Waals surface area contributed by atoms with E-state index >= 15 is 0 Å². The summed E-state index contributed by atoms with van der Waals surface area (Å²) in [5, 5.41) is 2.94. The lowest BCUT2D eigenvalue weighted by molar-refractivity contribution is 0.0145. The van der Waals surface area contributed by atoms with Crippen LogP contribution in [0.1, 0.15) is 25.7 Å². The van der Waals surface area contributed by atoms with Gasteiger partial charge in [0.15, 0.2) is 0 Å². The van der Waals surface area contributed by atoms with Crippen molar-refractivity contribution < 1.29 is 4.84 Å². The highest BCUT2D eigenvalue weighted by Crippen LogP contribution is 2.22. The Morgan fingerprint density at radius 2 is 2.10 bits per heavy atom. The first kappa shape index (κ1) is 7.63. The Kier molecular flexibility index (Phi) is 2.77. The van der Waals surface area contributed by atoms with Crippen molar-refractivity contribution in [1.82, 2.24) is 0 Å². The topological polar surface area (TPSA) is 64.7 Å². The standard InChI is InChI=1S/C6H12N2O2/c7-10-6-4-2-1-3-5(6)8-9/h5-6H,1-4,7H2/t5-,6+/m0/s1. The summed E-state index contributed by atoms with van der Waals surface area (Å²) in [5.74, 6) is 4.97. The largest absolute Gasteiger partial charge is 0.299 e. The normalized spacial score (nSPS) is 33.7. The van der Waals surface area contributed by atoms with Gasteiger partial charge in [-0.2, -0.15) is 4.91 Å². The van der Waals surface area contributed by atoms with Crippen LogP contribution in [-0.2, 0) is 4.84 Å². The van der Waals surface area contributed by atoms with Gasteiger partial charge in [0, 0.05) is 0 Å². The zero-order valence-electron chi connectivity index (χ0n) is 5.82. The Hall–Kier alpha value is -0.480. The maximum Gasteiger partial charge on any atom is 0.120 e. The van der Waals surface area contributed by atoms with Crippen molar-refractivity contribution in [2.75, 3.05) is 0 Å². The van der Waals surface area contributed by atoms with Gasteiger partial charge in [0.1, 0.15) is 12.1 Å². The van der Waals surface area contributed by atoms with Gasteiger partial charge in [-0.3, -0.25) is 4.84 Å². The van der Waals surface area contributed by atoms with Crippen LogP contribution in [0.5, 0.6) is 0 Å². The first-order valence-corrected chi connectivity index (χ1v) is 3.56. The minimum Gasteiger partial charge on any atom is -0.299 e. The Morgan fingerprint density at radius 3 is 2.60 bits per heavy atom. The van der Waals surface area contributed by atoms with Crippen molar-refractivity contribution >= 4 is 0 Å². The summed E-state index contributed by atoms with van der Waals surface area (Å²) in [5.41, 5.74) is 0. The Balaban J connectivity index is 2.41. The van der Waals surface area contributed by atoms with Gasteiger partial charge < -0.3 is 0 Å². The SMILES string of the molecule is NO[C@@H]1CCCC[C@@H]1N=O. The highest BCUT2D eigenvalue weighted by molar-refractivity contribution is 4.80. The van der Waals surface area contributed by atoms with E-state index in [1.54, 1.807) is 0 Å². The highest BCUT2D eigenvalue weighted by Gasteiger charge is 2.25. The molecule has 0 spiro atoms. The smallest absolute Gasteiger partial charge is 0.120 e. The molecule has 1 fully saturated rings. The third-order valence-corrected chi connectivity index (χ3v) is 1.98. The van der Waals surface area contributed by atoms with E-state index in [9.17, 15) is 4.91 Å². The number of rotatable bonds is 2. The van der Waals surface area contributed by atoms with Gasteiger partial charge in [-0.15, -0.1) is 0 Å². The fourth-order valence-corrected chi connectivity index (χ4v) is 1.36. The second-order valence-electron chi connectivity index (χ2n) is 2.63. The molecular formula is C6H12N2O2. The van der Waals surface area contributed by atoms with E-state index in [0.29, 0.717) is 0 Å². The van der Waals surface area contributed by atoms with E-state index in [0.717, 1.165) is 25.7 Å². The molecule has 0 aliphatic heterocycles. The van der Waals surface area contributed by atoms with Gasteiger partial charge in [0.05, 0.1) is 0 Å². The monoisotopic (exact) mass is 144 g/mol. The molecule has 2 N–H and O–H groups in total. The molecule has 2 atom stereocenters. The van der Waals surface area contributed by atoms with Gasteiger partial charge in [-0.1, -0.05) is 18.0 Å². The number of nitrogens with zero attached hydrogens (tertiary/aromatic N) is 1. The van der Waals surface area contributed by atoms with Crippen molar-refractivity contribution in [2.45, 2.75) is 37.8 Å². The third kappa shape index (κ3) is 1.52. The van der Waals surface area contributed by atoms with Crippen LogP contribution in [0.25, 0.3) is 0 Å². The first-order valence-electron chi connectivity index (χ1n) is 3.56. The van der Waals surface area contributed by atoms with Crippen molar-refractivity contribution in [1.29, 1.82) is 0 Å². The molecule has 10 heavy (non-hydrogen) atoms. The minimum atomic E-state index is -0.209. The van der Waals surface area contributed by atoms with Crippen LogP contribution in [-0.4, -0.2) is 12.1 Å². The van der Waals surface area contributed by atoms with Crippen LogP contribution in [0, 0.1) is 4.91 Å². The van der Waals surface area contributed by atoms with Gasteiger partial charge >= 0.3 is 0 Å². The molecule has 0 bridgehead atoms. The molecule has 0 amide bonds. The predicted molar refractivity (Wildman–Crippen MR) is 37.1 cm³/mol. The summed E-state index contributed by atoms with van der Waals surface area (Å²) in [7, 11) is 0. The molecular weight excluding hydrogens is 132 g/mol. The average Bonchev–Trinajstić information content (AvgIpc) is 2.04. The van der Waals surface area contributed by atoms with Crippen molar-refractivity contribution in [3.8, 4) is 0 Å². The molecule has 0 aromatic rings. The second-order valence-corrected chi connectivity index (χ2v) is 2.63. The second kappa shape index (κ2) is 3.63. The van der Waals surface area contributed by atoms with E-state index in [1.165, 1.54) is 0 Å². The molecule has 0 aromatic heterocycles. The Labute approximate surface area is 59.7 Å². The molecule has 1 saturated carbocycles. The van der Waals surface area contributed by atoms with Crippen molar-refractivity contribution in [3.63, 3.8) is 0 Å². The predicted octanol–water partition coefficient (Wildman–Crippen LogP) is 0.954. The zero-order valence-corrected chi connectivity index (χ0v) is 5.82. The van der Waals surface area contributed by atoms with Crippen molar-refractivity contribution in [2.24, 2.45) is 11.1 Å². The Morgan fingerprint density at radius 1 is 1.40 bits per heavy atom. The van der Waals surface area contributed by atoms with Gasteiger partial charge in [0.25, 0.3) is 0 Å².